The third-order valence-electron chi connectivity index (χ3n) is 3.26. The Balaban J connectivity index is 0.00000180. The number of hydrogen-bond donors (Lipinski definition) is 1. The van der Waals surface area contributed by atoms with Crippen LogP contribution in [-0.4, -0.2) is 24.0 Å². The molecular weight excluding hydrogens is 277 g/mol. The van der Waals surface area contributed by atoms with Gasteiger partial charge in [0.05, 0.1) is 5.56 Å². The lowest BCUT2D eigenvalue weighted by molar-refractivity contribution is -0.138. The van der Waals surface area contributed by atoms with Crippen LogP contribution in [0.15, 0.2) is 24.3 Å². The van der Waals surface area contributed by atoms with E-state index in [2.05, 4.69) is 0 Å². The Hall–Kier alpha value is -0.780. The fourth-order valence-electron chi connectivity index (χ4n) is 2.41. The number of nitrogens with two attached hydrogens (primary N) is 1. The Kier molecular flexibility index (Phi) is 5.64. The highest BCUT2D eigenvalue weighted by Gasteiger charge is 2.33. The van der Waals surface area contributed by atoms with Gasteiger partial charge in [0.1, 0.15) is 0 Å². The van der Waals surface area contributed by atoms with Crippen molar-refractivity contribution in [3.8, 4) is 0 Å². The van der Waals surface area contributed by atoms with Crippen molar-refractivity contribution in [3.63, 3.8) is 0 Å². The van der Waals surface area contributed by atoms with Crippen molar-refractivity contribution in [2.75, 3.05) is 13.1 Å². The highest BCUT2D eigenvalue weighted by atomic mass is 35.5. The Morgan fingerprint density at radius 2 is 1.95 bits per heavy atom. The summed E-state index contributed by atoms with van der Waals surface area (Å²) in [6.45, 7) is 1.81. The molecule has 1 aliphatic heterocycles. The van der Waals surface area contributed by atoms with Crippen LogP contribution < -0.4 is 5.73 Å². The number of alkyl halides is 3. The zero-order valence-corrected chi connectivity index (χ0v) is 11.3. The smallest absolute Gasteiger partial charge is 0.327 e. The monoisotopic (exact) mass is 294 g/mol. The fraction of sp³-hybridized carbons (Fsp3) is 0.538. The van der Waals surface area contributed by atoms with Gasteiger partial charge in [-0.1, -0.05) is 18.2 Å². The molecule has 2 N–H and O–H groups in total. The quantitative estimate of drug-likeness (QED) is 0.908. The summed E-state index contributed by atoms with van der Waals surface area (Å²) in [5.41, 5.74) is 5.63. The molecule has 1 heterocycles. The molecule has 1 saturated heterocycles. The van der Waals surface area contributed by atoms with Gasteiger partial charge in [-0.2, -0.15) is 13.2 Å². The zero-order valence-electron chi connectivity index (χ0n) is 10.5. The molecule has 0 aliphatic carbocycles. The van der Waals surface area contributed by atoms with Crippen LogP contribution in [0.3, 0.4) is 0 Å². The van der Waals surface area contributed by atoms with Gasteiger partial charge >= 0.3 is 6.18 Å². The van der Waals surface area contributed by atoms with Crippen molar-refractivity contribution in [2.45, 2.75) is 31.6 Å². The van der Waals surface area contributed by atoms with Crippen molar-refractivity contribution in [1.82, 2.24) is 4.90 Å². The van der Waals surface area contributed by atoms with Gasteiger partial charge in [-0.05, 0) is 31.0 Å². The Bertz CT molecular complexity index is 409. The summed E-state index contributed by atoms with van der Waals surface area (Å²) in [7, 11) is 0. The molecule has 1 fully saturated rings. The molecule has 2 rings (SSSR count). The maximum atomic E-state index is 12.8. The SMILES string of the molecule is Cl.NC1CCCN(Cc2ccccc2C(F)(F)F)C1. The predicted molar refractivity (Wildman–Crippen MR) is 71.2 cm³/mol. The highest BCUT2D eigenvalue weighted by Crippen LogP contribution is 2.32. The lowest BCUT2D eigenvalue weighted by atomic mass is 10.0. The zero-order chi connectivity index (χ0) is 13.2. The summed E-state index contributed by atoms with van der Waals surface area (Å²) < 4.78 is 38.5. The molecule has 0 spiro atoms. The number of likely N-dealkylation sites (tertiary alicyclic amines) is 1. The number of nitrogens with zero attached hydrogens (tertiary/aromatic N) is 1. The molecule has 0 aromatic heterocycles. The van der Waals surface area contributed by atoms with E-state index >= 15 is 0 Å². The molecule has 0 saturated carbocycles. The van der Waals surface area contributed by atoms with Crippen LogP contribution in [0.5, 0.6) is 0 Å². The third kappa shape index (κ3) is 4.37. The van der Waals surface area contributed by atoms with E-state index < -0.39 is 11.7 Å². The first kappa shape index (κ1) is 16.3. The van der Waals surface area contributed by atoms with Crippen molar-refractivity contribution in [2.24, 2.45) is 5.73 Å². The molecule has 19 heavy (non-hydrogen) atoms. The number of rotatable bonds is 2. The molecule has 1 aromatic carbocycles. The maximum Gasteiger partial charge on any atom is 0.416 e. The van der Waals surface area contributed by atoms with E-state index in [4.69, 9.17) is 5.73 Å². The summed E-state index contributed by atoms with van der Waals surface area (Å²) in [6.07, 6.45) is -2.37. The first-order chi connectivity index (χ1) is 8.47. The molecule has 2 nitrogen and oxygen atoms in total. The van der Waals surface area contributed by atoms with Crippen molar-refractivity contribution in [1.29, 1.82) is 0 Å². The molecule has 108 valence electrons. The van der Waals surface area contributed by atoms with Crippen LogP contribution >= 0.6 is 12.4 Å². The molecule has 0 amide bonds. The summed E-state index contributed by atoms with van der Waals surface area (Å²) in [4.78, 5) is 2.00. The van der Waals surface area contributed by atoms with Crippen molar-refractivity contribution < 1.29 is 13.2 Å². The number of piperidine rings is 1. The van der Waals surface area contributed by atoms with Crippen LogP contribution in [0.2, 0.25) is 0 Å². The van der Waals surface area contributed by atoms with E-state index in [1.165, 1.54) is 6.07 Å². The summed E-state index contributed by atoms with van der Waals surface area (Å²) in [5, 5.41) is 0. The number of benzene rings is 1. The van der Waals surface area contributed by atoms with E-state index in [0.29, 0.717) is 18.7 Å². The number of halogens is 4. The van der Waals surface area contributed by atoms with Crippen molar-refractivity contribution in [3.05, 3.63) is 35.4 Å². The Morgan fingerprint density at radius 3 is 2.58 bits per heavy atom. The second-order valence-corrected chi connectivity index (χ2v) is 4.79. The summed E-state index contributed by atoms with van der Waals surface area (Å²) >= 11 is 0. The molecule has 0 radical (unpaired) electrons. The maximum absolute atomic E-state index is 12.8. The van der Waals surface area contributed by atoms with Crippen LogP contribution in [-0.2, 0) is 12.7 Å². The van der Waals surface area contributed by atoms with Gasteiger partial charge in [-0.25, -0.2) is 0 Å². The van der Waals surface area contributed by atoms with E-state index in [1.54, 1.807) is 12.1 Å². The van der Waals surface area contributed by atoms with Gasteiger partial charge in [0.2, 0.25) is 0 Å². The highest BCUT2D eigenvalue weighted by molar-refractivity contribution is 5.85. The first-order valence-electron chi connectivity index (χ1n) is 6.10. The average Bonchev–Trinajstić information content (AvgIpc) is 2.28. The Labute approximate surface area is 117 Å². The minimum Gasteiger partial charge on any atom is -0.327 e. The van der Waals surface area contributed by atoms with E-state index in [1.807, 2.05) is 4.90 Å². The first-order valence-corrected chi connectivity index (χ1v) is 6.10. The van der Waals surface area contributed by atoms with E-state index in [0.717, 1.165) is 25.5 Å². The Morgan fingerprint density at radius 1 is 1.26 bits per heavy atom. The molecule has 0 bridgehead atoms. The van der Waals surface area contributed by atoms with Gasteiger partial charge in [-0.15, -0.1) is 12.4 Å². The van der Waals surface area contributed by atoms with Crippen LogP contribution in [0.25, 0.3) is 0 Å². The lowest BCUT2D eigenvalue weighted by Gasteiger charge is -2.31. The minimum atomic E-state index is -4.28. The van der Waals surface area contributed by atoms with Gasteiger partial charge in [-0.3, -0.25) is 4.90 Å². The third-order valence-corrected chi connectivity index (χ3v) is 3.26. The molecule has 6 heteroatoms. The topological polar surface area (TPSA) is 29.3 Å². The van der Waals surface area contributed by atoms with Gasteiger partial charge in [0, 0.05) is 19.1 Å². The van der Waals surface area contributed by atoms with Gasteiger partial charge in [0.15, 0.2) is 0 Å². The molecule has 1 aromatic rings. The van der Waals surface area contributed by atoms with Crippen LogP contribution in [0.1, 0.15) is 24.0 Å². The van der Waals surface area contributed by atoms with Gasteiger partial charge < -0.3 is 5.73 Å². The van der Waals surface area contributed by atoms with Gasteiger partial charge in [0.25, 0.3) is 0 Å². The number of hydrogen-bond acceptors (Lipinski definition) is 2. The normalized spacial score (nSPS) is 20.9. The molecule has 1 aliphatic rings. The largest absolute Gasteiger partial charge is 0.416 e. The average molecular weight is 295 g/mol. The summed E-state index contributed by atoms with van der Waals surface area (Å²) in [6, 6.07) is 5.84. The molecular formula is C13H18ClF3N2. The van der Waals surface area contributed by atoms with E-state index in [9.17, 15) is 13.2 Å². The second kappa shape index (κ2) is 6.59. The lowest BCUT2D eigenvalue weighted by Crippen LogP contribution is -2.42. The second-order valence-electron chi connectivity index (χ2n) is 4.79. The fourth-order valence-corrected chi connectivity index (χ4v) is 2.41. The van der Waals surface area contributed by atoms with E-state index in [-0.39, 0.29) is 18.4 Å². The van der Waals surface area contributed by atoms with Crippen LogP contribution in [0.4, 0.5) is 13.2 Å². The predicted octanol–water partition coefficient (Wildman–Crippen LogP) is 3.05. The summed E-state index contributed by atoms with van der Waals surface area (Å²) in [5.74, 6) is 0. The standard InChI is InChI=1S/C13H17F3N2.ClH/c14-13(15,16)12-6-2-1-4-10(12)8-18-7-3-5-11(17)9-18;/h1-2,4,6,11H,3,5,7-9,17H2;1H. The molecule has 1 atom stereocenters. The molecule has 1 unspecified atom stereocenters. The van der Waals surface area contributed by atoms with Crippen LogP contribution in [0, 0.1) is 0 Å². The minimum absolute atomic E-state index is 0. The van der Waals surface area contributed by atoms with Crippen molar-refractivity contribution >= 4 is 12.4 Å².